The van der Waals surface area contributed by atoms with Crippen LogP contribution in [0.15, 0.2) is 0 Å². The van der Waals surface area contributed by atoms with E-state index in [0.717, 1.165) is 12.8 Å². The third kappa shape index (κ3) is 1.31. The van der Waals surface area contributed by atoms with Crippen molar-refractivity contribution >= 4 is 10.0 Å². The number of hydrogen-bond donors (Lipinski definition) is 1. The highest BCUT2D eigenvalue weighted by molar-refractivity contribution is 7.89. The lowest BCUT2D eigenvalue weighted by Crippen LogP contribution is -2.37. The molecule has 2 atom stereocenters. The lowest BCUT2D eigenvalue weighted by molar-refractivity contribution is 0.118. The molecule has 1 heterocycles. The van der Waals surface area contributed by atoms with E-state index in [0.29, 0.717) is 18.2 Å². The first-order valence-electron chi connectivity index (χ1n) is 5.24. The van der Waals surface area contributed by atoms with Crippen molar-refractivity contribution in [1.82, 2.24) is 4.72 Å². The van der Waals surface area contributed by atoms with Gasteiger partial charge in [-0.05, 0) is 29.6 Å². The molecule has 2 bridgehead atoms. The molecule has 0 radical (unpaired) electrons. The first-order chi connectivity index (χ1) is 6.27. The zero-order valence-corrected chi connectivity index (χ0v) is 9.95. The van der Waals surface area contributed by atoms with E-state index in [1.165, 1.54) is 0 Å². The fraction of sp³-hybridized carbons (Fsp3) is 1.00. The maximum absolute atomic E-state index is 11.6. The smallest absolute Gasteiger partial charge is 0.212 e. The highest BCUT2D eigenvalue weighted by atomic mass is 32.2. The highest BCUT2D eigenvalue weighted by Gasteiger charge is 2.54. The Morgan fingerprint density at radius 2 is 1.93 bits per heavy atom. The molecular formula is C10H19NO2S. The number of fused-ring (bicyclic) bond motifs is 2. The quantitative estimate of drug-likeness (QED) is 0.666. The molecule has 0 aromatic carbocycles. The van der Waals surface area contributed by atoms with E-state index in [1.807, 2.05) is 0 Å². The number of hydrogen-bond acceptors (Lipinski definition) is 2. The van der Waals surface area contributed by atoms with Gasteiger partial charge in [0.15, 0.2) is 0 Å². The van der Waals surface area contributed by atoms with Gasteiger partial charge >= 0.3 is 0 Å². The van der Waals surface area contributed by atoms with Crippen molar-refractivity contribution in [2.24, 2.45) is 16.7 Å². The van der Waals surface area contributed by atoms with Crippen LogP contribution in [0.3, 0.4) is 0 Å². The molecule has 82 valence electrons. The summed E-state index contributed by atoms with van der Waals surface area (Å²) < 4.78 is 26.0. The van der Waals surface area contributed by atoms with Crippen molar-refractivity contribution < 1.29 is 8.42 Å². The van der Waals surface area contributed by atoms with E-state index in [4.69, 9.17) is 0 Å². The van der Waals surface area contributed by atoms with Gasteiger partial charge < -0.3 is 0 Å². The van der Waals surface area contributed by atoms with Crippen LogP contribution >= 0.6 is 0 Å². The van der Waals surface area contributed by atoms with Crippen LogP contribution in [0.4, 0.5) is 0 Å². The van der Waals surface area contributed by atoms with Crippen LogP contribution in [0.1, 0.15) is 33.6 Å². The zero-order chi connectivity index (χ0) is 10.6. The minimum absolute atomic E-state index is 0.0417. The maximum Gasteiger partial charge on any atom is 0.212 e. The van der Waals surface area contributed by atoms with Gasteiger partial charge in [0, 0.05) is 6.54 Å². The SMILES string of the molecule is CC1(C)C2CC[C@]1(C)CS(=O)(=O)NC2. The van der Waals surface area contributed by atoms with E-state index >= 15 is 0 Å². The molecule has 0 spiro atoms. The Morgan fingerprint density at radius 3 is 2.57 bits per heavy atom. The number of sulfonamides is 1. The van der Waals surface area contributed by atoms with Crippen LogP contribution in [0, 0.1) is 16.7 Å². The molecule has 1 saturated heterocycles. The van der Waals surface area contributed by atoms with Crippen molar-refractivity contribution in [1.29, 1.82) is 0 Å². The van der Waals surface area contributed by atoms with E-state index in [2.05, 4.69) is 25.5 Å². The number of rotatable bonds is 0. The van der Waals surface area contributed by atoms with Gasteiger partial charge in [0.1, 0.15) is 0 Å². The summed E-state index contributed by atoms with van der Waals surface area (Å²) in [6, 6.07) is 0. The van der Waals surface area contributed by atoms with E-state index in [1.54, 1.807) is 0 Å². The average Bonchev–Trinajstić information content (AvgIpc) is 2.15. The fourth-order valence-corrected chi connectivity index (χ4v) is 4.89. The standard InChI is InChI=1S/C10H19NO2S/c1-9(2)8-4-5-10(9,3)7-14(12,13)11-6-8/h8,11H,4-7H2,1-3H3/t8?,10-/m1/s1. The summed E-state index contributed by atoms with van der Waals surface area (Å²) in [5.41, 5.74) is 0.101. The predicted molar refractivity (Wildman–Crippen MR) is 56.4 cm³/mol. The summed E-state index contributed by atoms with van der Waals surface area (Å²) in [5, 5.41) is 0. The van der Waals surface area contributed by atoms with Crippen LogP contribution in [-0.4, -0.2) is 20.7 Å². The first-order valence-corrected chi connectivity index (χ1v) is 6.89. The minimum Gasteiger partial charge on any atom is -0.215 e. The summed E-state index contributed by atoms with van der Waals surface area (Å²) in [4.78, 5) is 0. The molecule has 1 saturated carbocycles. The van der Waals surface area contributed by atoms with Gasteiger partial charge in [-0.3, -0.25) is 0 Å². The van der Waals surface area contributed by atoms with E-state index in [9.17, 15) is 8.42 Å². The van der Waals surface area contributed by atoms with Crippen molar-refractivity contribution in [2.45, 2.75) is 33.6 Å². The summed E-state index contributed by atoms with van der Waals surface area (Å²) in [6.45, 7) is 7.18. The van der Waals surface area contributed by atoms with Crippen molar-refractivity contribution in [3.8, 4) is 0 Å². The molecule has 2 aliphatic rings. The molecule has 1 aliphatic carbocycles. The number of nitrogens with one attached hydrogen (secondary N) is 1. The van der Waals surface area contributed by atoms with Gasteiger partial charge in [-0.2, -0.15) is 0 Å². The lowest BCUT2D eigenvalue weighted by Gasteiger charge is -2.39. The van der Waals surface area contributed by atoms with Crippen LogP contribution < -0.4 is 4.72 Å². The molecule has 3 nitrogen and oxygen atoms in total. The third-order valence-electron chi connectivity index (χ3n) is 4.68. The molecule has 14 heavy (non-hydrogen) atoms. The maximum atomic E-state index is 11.6. The Hall–Kier alpha value is -0.0900. The fourth-order valence-electron chi connectivity index (χ4n) is 2.98. The molecule has 1 aliphatic heterocycles. The molecule has 0 aromatic rings. The molecule has 1 unspecified atom stereocenters. The molecule has 2 fully saturated rings. The summed E-state index contributed by atoms with van der Waals surface area (Å²) in [5.74, 6) is 0.800. The van der Waals surface area contributed by atoms with Crippen molar-refractivity contribution in [2.75, 3.05) is 12.3 Å². The second-order valence-corrected chi connectivity index (χ2v) is 7.43. The topological polar surface area (TPSA) is 46.2 Å². The Bertz CT molecular complexity index is 347. The zero-order valence-electron chi connectivity index (χ0n) is 9.13. The van der Waals surface area contributed by atoms with Gasteiger partial charge in [-0.1, -0.05) is 20.8 Å². The van der Waals surface area contributed by atoms with E-state index < -0.39 is 10.0 Å². The third-order valence-corrected chi connectivity index (χ3v) is 6.30. The van der Waals surface area contributed by atoms with Crippen LogP contribution in [0.5, 0.6) is 0 Å². The Labute approximate surface area is 86.3 Å². The first kappa shape index (κ1) is 10.4. The van der Waals surface area contributed by atoms with Gasteiger partial charge in [0.05, 0.1) is 5.75 Å². The largest absolute Gasteiger partial charge is 0.215 e. The van der Waals surface area contributed by atoms with Crippen molar-refractivity contribution in [3.63, 3.8) is 0 Å². The van der Waals surface area contributed by atoms with Crippen LogP contribution in [0.25, 0.3) is 0 Å². The van der Waals surface area contributed by atoms with Gasteiger partial charge in [-0.15, -0.1) is 0 Å². The molecule has 1 N–H and O–H groups in total. The summed E-state index contributed by atoms with van der Waals surface area (Å²) in [7, 11) is -3.03. The van der Waals surface area contributed by atoms with Crippen LogP contribution in [-0.2, 0) is 10.0 Å². The average molecular weight is 217 g/mol. The predicted octanol–water partition coefficient (Wildman–Crippen LogP) is 1.36. The Balaban J connectivity index is 2.44. The second-order valence-electron chi connectivity index (χ2n) is 5.63. The monoisotopic (exact) mass is 217 g/mol. The second kappa shape index (κ2) is 2.73. The highest BCUT2D eigenvalue weighted by Crippen LogP contribution is 2.57. The summed E-state index contributed by atoms with van der Waals surface area (Å²) >= 11 is 0. The van der Waals surface area contributed by atoms with Crippen LogP contribution in [0.2, 0.25) is 0 Å². The molecular weight excluding hydrogens is 198 g/mol. The Kier molecular flexibility index (Phi) is 2.03. The van der Waals surface area contributed by atoms with Gasteiger partial charge in [0.25, 0.3) is 0 Å². The molecule has 0 aromatic heterocycles. The molecule has 2 rings (SSSR count). The lowest BCUT2D eigenvalue weighted by atomic mass is 9.67. The van der Waals surface area contributed by atoms with Crippen molar-refractivity contribution in [3.05, 3.63) is 0 Å². The minimum atomic E-state index is -3.03. The molecule has 0 amide bonds. The van der Waals surface area contributed by atoms with E-state index in [-0.39, 0.29) is 10.8 Å². The van der Waals surface area contributed by atoms with Gasteiger partial charge in [-0.25, -0.2) is 13.1 Å². The molecule has 4 heteroatoms. The Morgan fingerprint density at radius 1 is 1.29 bits per heavy atom. The summed E-state index contributed by atoms with van der Waals surface area (Å²) in [6.07, 6.45) is 2.21. The normalized spacial score (nSPS) is 44.6. The van der Waals surface area contributed by atoms with Gasteiger partial charge in [0.2, 0.25) is 10.0 Å².